The molecule has 1 atom stereocenters. The molecule has 0 saturated carbocycles. The highest BCUT2D eigenvalue weighted by Gasteiger charge is 2.31. The number of carbonyl (C=O) groups excluding carboxylic acids is 1. The van der Waals surface area contributed by atoms with Crippen molar-refractivity contribution in [2.75, 3.05) is 39.1 Å². The van der Waals surface area contributed by atoms with E-state index in [2.05, 4.69) is 5.32 Å². The Labute approximate surface area is 209 Å². The maximum atomic E-state index is 12.9. The van der Waals surface area contributed by atoms with Gasteiger partial charge in [-0.15, -0.1) is 0 Å². The molecule has 0 radical (unpaired) electrons. The molecule has 3 rings (SSSR count). The summed E-state index contributed by atoms with van der Waals surface area (Å²) in [5.41, 5.74) is 2.26. The summed E-state index contributed by atoms with van der Waals surface area (Å²) in [6, 6.07) is 15.8. The molecule has 8 heteroatoms. The van der Waals surface area contributed by atoms with Crippen molar-refractivity contribution in [2.45, 2.75) is 45.4 Å². The summed E-state index contributed by atoms with van der Waals surface area (Å²) in [4.78, 5) is 12.7. The Bertz CT molecular complexity index is 1040. The van der Waals surface area contributed by atoms with E-state index < -0.39 is 10.0 Å². The minimum Gasteiger partial charge on any atom is -0.493 e. The molecule has 0 spiro atoms. The number of hydrogen-bond acceptors (Lipinski definition) is 5. The molecule has 1 fully saturated rings. The summed E-state index contributed by atoms with van der Waals surface area (Å²) in [7, 11) is -1.74. The lowest BCUT2D eigenvalue weighted by molar-refractivity contribution is -0.126. The molecule has 35 heavy (non-hydrogen) atoms. The predicted molar refractivity (Wildman–Crippen MR) is 138 cm³/mol. The molecular formula is C27H38N2O5S. The quantitative estimate of drug-likeness (QED) is 0.421. The van der Waals surface area contributed by atoms with Gasteiger partial charge in [0.15, 0.2) is 11.5 Å². The highest BCUT2D eigenvalue weighted by atomic mass is 32.2. The summed E-state index contributed by atoms with van der Waals surface area (Å²) >= 11 is 0. The standard InChI is InChI=1S/C27H38N2O5S/c1-3-34-25-16-15-23(20-26(25)33-2)12-7-17-28-27(30)24-14-8-18-29(21-24)35(31,32)19-9-13-22-10-5-4-6-11-22/h4-6,10-11,15-16,20,24H,3,7-9,12-14,17-19,21H2,1-2H3,(H,28,30)/t24-/m0/s1. The molecule has 0 bridgehead atoms. The molecule has 2 aromatic rings. The average molecular weight is 503 g/mol. The minimum absolute atomic E-state index is 0.0570. The van der Waals surface area contributed by atoms with Gasteiger partial charge in [-0.05, 0) is 68.7 Å². The lowest BCUT2D eigenvalue weighted by Crippen LogP contribution is -2.46. The van der Waals surface area contributed by atoms with Gasteiger partial charge in [-0.1, -0.05) is 36.4 Å². The number of amides is 1. The first-order chi connectivity index (χ1) is 16.9. The van der Waals surface area contributed by atoms with Crippen molar-refractivity contribution in [1.82, 2.24) is 9.62 Å². The third-order valence-electron chi connectivity index (χ3n) is 6.33. The van der Waals surface area contributed by atoms with Gasteiger partial charge in [-0.3, -0.25) is 4.79 Å². The van der Waals surface area contributed by atoms with Crippen molar-refractivity contribution in [1.29, 1.82) is 0 Å². The van der Waals surface area contributed by atoms with Crippen LogP contribution in [0.1, 0.15) is 43.7 Å². The molecule has 1 amide bonds. The van der Waals surface area contributed by atoms with Crippen molar-refractivity contribution in [3.05, 3.63) is 59.7 Å². The Balaban J connectivity index is 1.41. The molecule has 1 saturated heterocycles. The number of methoxy groups -OCH3 is 1. The van der Waals surface area contributed by atoms with Crippen LogP contribution >= 0.6 is 0 Å². The Kier molecular flexibility index (Phi) is 10.4. The SMILES string of the molecule is CCOc1ccc(CCCNC(=O)[C@H]2CCCN(S(=O)(=O)CCCc3ccccc3)C2)cc1OC. The zero-order valence-corrected chi connectivity index (χ0v) is 21.7. The summed E-state index contributed by atoms with van der Waals surface area (Å²) in [5, 5.41) is 3.00. The van der Waals surface area contributed by atoms with Gasteiger partial charge in [-0.25, -0.2) is 12.7 Å². The number of benzene rings is 2. The molecule has 1 N–H and O–H groups in total. The minimum atomic E-state index is -3.36. The van der Waals surface area contributed by atoms with Crippen LogP contribution < -0.4 is 14.8 Å². The van der Waals surface area contributed by atoms with Gasteiger partial charge >= 0.3 is 0 Å². The molecule has 0 aromatic heterocycles. The van der Waals surface area contributed by atoms with Gasteiger partial charge in [0.05, 0.1) is 25.4 Å². The van der Waals surface area contributed by atoms with E-state index in [4.69, 9.17) is 9.47 Å². The second kappa shape index (κ2) is 13.5. The molecular weight excluding hydrogens is 464 g/mol. The fourth-order valence-corrected chi connectivity index (χ4v) is 6.01. The number of aryl methyl sites for hydroxylation is 2. The molecule has 1 aliphatic heterocycles. The molecule has 1 aliphatic rings. The van der Waals surface area contributed by atoms with E-state index in [9.17, 15) is 13.2 Å². The van der Waals surface area contributed by atoms with E-state index >= 15 is 0 Å². The number of nitrogens with one attached hydrogen (secondary N) is 1. The summed E-state index contributed by atoms with van der Waals surface area (Å²) in [6.07, 6.45) is 4.33. The molecule has 1 heterocycles. The van der Waals surface area contributed by atoms with Crippen LogP contribution in [-0.4, -0.2) is 57.7 Å². The van der Waals surface area contributed by atoms with Gasteiger partial charge in [0, 0.05) is 19.6 Å². The third kappa shape index (κ3) is 8.25. The lowest BCUT2D eigenvalue weighted by atomic mass is 9.99. The molecule has 2 aromatic carbocycles. The molecule has 0 unspecified atom stereocenters. The number of piperidine rings is 1. The Morgan fingerprint density at radius 2 is 1.83 bits per heavy atom. The van der Waals surface area contributed by atoms with Gasteiger partial charge in [0.1, 0.15) is 0 Å². The molecule has 7 nitrogen and oxygen atoms in total. The summed E-state index contributed by atoms with van der Waals surface area (Å²) < 4.78 is 38.2. The van der Waals surface area contributed by atoms with Crippen molar-refractivity contribution in [3.8, 4) is 11.5 Å². The topological polar surface area (TPSA) is 84.9 Å². The molecule has 192 valence electrons. The first-order valence-corrected chi connectivity index (χ1v) is 14.1. The second-order valence-corrected chi connectivity index (χ2v) is 11.0. The van der Waals surface area contributed by atoms with E-state index in [1.165, 1.54) is 4.31 Å². The number of ether oxygens (including phenoxy) is 2. The van der Waals surface area contributed by atoms with Crippen LogP contribution in [0.4, 0.5) is 0 Å². The van der Waals surface area contributed by atoms with Crippen LogP contribution in [0.25, 0.3) is 0 Å². The fourth-order valence-electron chi connectivity index (χ4n) is 4.43. The zero-order valence-electron chi connectivity index (χ0n) is 20.9. The van der Waals surface area contributed by atoms with E-state index in [0.717, 1.165) is 42.6 Å². The van der Waals surface area contributed by atoms with Crippen LogP contribution in [0.3, 0.4) is 0 Å². The largest absolute Gasteiger partial charge is 0.493 e. The second-order valence-electron chi connectivity index (χ2n) is 8.92. The Morgan fingerprint density at radius 1 is 1.06 bits per heavy atom. The van der Waals surface area contributed by atoms with Gasteiger partial charge in [-0.2, -0.15) is 0 Å². The Hall–Kier alpha value is -2.58. The van der Waals surface area contributed by atoms with Crippen LogP contribution in [-0.2, 0) is 27.7 Å². The maximum Gasteiger partial charge on any atom is 0.224 e. The molecule has 0 aliphatic carbocycles. The summed E-state index contributed by atoms with van der Waals surface area (Å²) in [5.74, 6) is 1.20. The number of carbonyl (C=O) groups is 1. The van der Waals surface area contributed by atoms with Crippen LogP contribution in [0.5, 0.6) is 11.5 Å². The Morgan fingerprint density at radius 3 is 2.57 bits per heavy atom. The normalized spacial score (nSPS) is 16.6. The van der Waals surface area contributed by atoms with Crippen molar-refractivity contribution >= 4 is 15.9 Å². The number of hydrogen-bond donors (Lipinski definition) is 1. The highest BCUT2D eigenvalue weighted by molar-refractivity contribution is 7.89. The van der Waals surface area contributed by atoms with Gasteiger partial charge < -0.3 is 14.8 Å². The van der Waals surface area contributed by atoms with Crippen molar-refractivity contribution in [2.24, 2.45) is 5.92 Å². The van der Waals surface area contributed by atoms with Gasteiger partial charge in [0.25, 0.3) is 0 Å². The smallest absolute Gasteiger partial charge is 0.224 e. The van der Waals surface area contributed by atoms with Crippen LogP contribution in [0.15, 0.2) is 48.5 Å². The monoisotopic (exact) mass is 502 g/mol. The van der Waals surface area contributed by atoms with Crippen molar-refractivity contribution < 1.29 is 22.7 Å². The van der Waals surface area contributed by atoms with E-state index in [1.54, 1.807) is 7.11 Å². The predicted octanol–water partition coefficient (Wildman–Crippen LogP) is 3.82. The van der Waals surface area contributed by atoms with Crippen LogP contribution in [0, 0.1) is 5.92 Å². The summed E-state index contributed by atoms with van der Waals surface area (Å²) in [6.45, 7) is 3.83. The van der Waals surface area contributed by atoms with Gasteiger partial charge in [0.2, 0.25) is 15.9 Å². The van der Waals surface area contributed by atoms with Crippen molar-refractivity contribution in [3.63, 3.8) is 0 Å². The first-order valence-electron chi connectivity index (χ1n) is 12.5. The number of sulfonamides is 1. The zero-order chi connectivity index (χ0) is 25.1. The van der Waals surface area contributed by atoms with Crippen LogP contribution in [0.2, 0.25) is 0 Å². The highest BCUT2D eigenvalue weighted by Crippen LogP contribution is 2.28. The van der Waals surface area contributed by atoms with E-state index in [1.807, 2.05) is 55.5 Å². The maximum absolute atomic E-state index is 12.9. The number of nitrogens with zero attached hydrogens (tertiary/aromatic N) is 1. The third-order valence-corrected chi connectivity index (χ3v) is 8.25. The fraction of sp³-hybridized carbons (Fsp3) is 0.519. The lowest BCUT2D eigenvalue weighted by Gasteiger charge is -2.31. The van der Waals surface area contributed by atoms with E-state index in [-0.39, 0.29) is 24.1 Å². The van der Waals surface area contributed by atoms with E-state index in [0.29, 0.717) is 38.3 Å². The number of rotatable bonds is 13. The first kappa shape index (κ1) is 27.0. The average Bonchev–Trinajstić information content (AvgIpc) is 2.88.